The van der Waals surface area contributed by atoms with Gasteiger partial charge in [0.15, 0.2) is 5.69 Å². The zero-order chi connectivity index (χ0) is 19.0. The highest BCUT2D eigenvalue weighted by Crippen LogP contribution is 2.30. The molecule has 0 aliphatic carbocycles. The summed E-state index contributed by atoms with van der Waals surface area (Å²) in [5, 5.41) is 7.30. The minimum Gasteiger partial charge on any atom is -0.481 e. The topological polar surface area (TPSA) is 96.5 Å². The number of nitrogens with one attached hydrogen (secondary N) is 1. The van der Waals surface area contributed by atoms with Crippen molar-refractivity contribution in [3.05, 3.63) is 29.2 Å². The predicted molar refractivity (Wildman–Crippen MR) is 98.0 cm³/mol. The van der Waals surface area contributed by atoms with Gasteiger partial charge in [-0.25, -0.2) is 4.98 Å². The maximum Gasteiger partial charge on any atom is 0.274 e. The smallest absolute Gasteiger partial charge is 0.274 e. The quantitative estimate of drug-likeness (QED) is 0.864. The van der Waals surface area contributed by atoms with E-state index in [-0.39, 0.29) is 18.1 Å². The Hall–Kier alpha value is -2.68. The van der Waals surface area contributed by atoms with E-state index >= 15 is 0 Å². The number of anilines is 1. The van der Waals surface area contributed by atoms with E-state index in [1.165, 1.54) is 0 Å². The van der Waals surface area contributed by atoms with Crippen molar-refractivity contribution in [2.75, 3.05) is 38.2 Å². The number of hydrogen-bond donors (Lipinski definition) is 1. The van der Waals surface area contributed by atoms with E-state index in [0.717, 1.165) is 11.3 Å². The molecule has 1 amide bonds. The fourth-order valence-corrected chi connectivity index (χ4v) is 3.71. The first-order valence-corrected chi connectivity index (χ1v) is 9.20. The summed E-state index contributed by atoms with van der Waals surface area (Å²) < 4.78 is 11.0. The molecule has 2 aliphatic heterocycles. The predicted octanol–water partition coefficient (Wildman–Crippen LogP) is 1.19. The van der Waals surface area contributed by atoms with Crippen LogP contribution in [0.15, 0.2) is 12.3 Å². The number of rotatable bonds is 3. The molecule has 0 bridgehead atoms. The Morgan fingerprint density at radius 2 is 2.07 bits per heavy atom. The third kappa shape index (κ3) is 3.34. The van der Waals surface area contributed by atoms with Gasteiger partial charge in [-0.2, -0.15) is 10.1 Å². The van der Waals surface area contributed by atoms with Crippen LogP contribution >= 0.6 is 0 Å². The largest absolute Gasteiger partial charge is 0.481 e. The Bertz CT molecular complexity index is 830. The van der Waals surface area contributed by atoms with E-state index in [2.05, 4.69) is 25.1 Å². The zero-order valence-electron chi connectivity index (χ0n) is 15.8. The first-order chi connectivity index (χ1) is 13.1. The van der Waals surface area contributed by atoms with Crippen molar-refractivity contribution in [1.82, 2.24) is 25.1 Å². The molecular weight excluding hydrogens is 348 g/mol. The van der Waals surface area contributed by atoms with Crippen molar-refractivity contribution in [3.8, 4) is 5.88 Å². The minimum atomic E-state index is -0.0696. The summed E-state index contributed by atoms with van der Waals surface area (Å²) in [6, 6.07) is 1.72. The second-order valence-electron chi connectivity index (χ2n) is 6.94. The van der Waals surface area contributed by atoms with Crippen LogP contribution in [0.1, 0.15) is 41.7 Å². The van der Waals surface area contributed by atoms with Gasteiger partial charge in [0.25, 0.3) is 5.91 Å². The van der Waals surface area contributed by atoms with Gasteiger partial charge in [0.05, 0.1) is 25.0 Å². The average Bonchev–Trinajstić information content (AvgIpc) is 3.11. The van der Waals surface area contributed by atoms with E-state index < -0.39 is 0 Å². The molecule has 1 fully saturated rings. The number of ether oxygens (including phenoxy) is 2. The lowest BCUT2D eigenvalue weighted by Crippen LogP contribution is -2.49. The molecule has 0 aromatic carbocycles. The number of piperazine rings is 1. The third-order valence-electron chi connectivity index (χ3n) is 5.11. The second-order valence-corrected chi connectivity index (χ2v) is 6.94. The standard InChI is InChI=1S/C18H24N6O3/c1-11-10-13-15(12(2)27-11)21-22-16(13)17(25)23-6-8-24(9-7-23)18-19-5-4-14(20-18)26-3/h4-5,11-12H,6-10H2,1-3H3,(H,21,22)/t11-,12+/m0/s1. The van der Waals surface area contributed by atoms with Gasteiger partial charge in [-0.3, -0.25) is 9.89 Å². The van der Waals surface area contributed by atoms with Gasteiger partial charge in [-0.1, -0.05) is 0 Å². The van der Waals surface area contributed by atoms with Crippen LogP contribution in [0.25, 0.3) is 0 Å². The van der Waals surface area contributed by atoms with Crippen molar-refractivity contribution in [2.45, 2.75) is 32.5 Å². The summed E-state index contributed by atoms with van der Waals surface area (Å²) >= 11 is 0. The van der Waals surface area contributed by atoms with Crippen LogP contribution in [0.2, 0.25) is 0 Å². The summed E-state index contributed by atoms with van der Waals surface area (Å²) in [6.45, 7) is 6.54. The normalized spacial score (nSPS) is 22.5. The second kappa shape index (κ2) is 7.15. The molecule has 0 saturated carbocycles. The summed E-state index contributed by atoms with van der Waals surface area (Å²) in [4.78, 5) is 25.6. The van der Waals surface area contributed by atoms with Gasteiger partial charge in [0, 0.05) is 50.4 Å². The average molecular weight is 372 g/mol. The molecule has 0 spiro atoms. The third-order valence-corrected chi connectivity index (χ3v) is 5.11. The number of nitrogens with zero attached hydrogens (tertiary/aromatic N) is 5. The molecule has 1 N–H and O–H groups in total. The number of carbonyl (C=O) groups is 1. The molecule has 9 nitrogen and oxygen atoms in total. The van der Waals surface area contributed by atoms with E-state index in [0.29, 0.717) is 50.1 Å². The van der Waals surface area contributed by atoms with Gasteiger partial charge in [-0.15, -0.1) is 0 Å². The molecule has 2 aromatic heterocycles. The van der Waals surface area contributed by atoms with Crippen LogP contribution in [0.4, 0.5) is 5.95 Å². The molecule has 1 saturated heterocycles. The number of amides is 1. The number of H-pyrrole nitrogens is 1. The fourth-order valence-electron chi connectivity index (χ4n) is 3.71. The highest BCUT2D eigenvalue weighted by atomic mass is 16.5. The summed E-state index contributed by atoms with van der Waals surface area (Å²) in [7, 11) is 1.58. The lowest BCUT2D eigenvalue weighted by molar-refractivity contribution is -0.00702. The van der Waals surface area contributed by atoms with E-state index in [9.17, 15) is 4.79 Å². The number of fused-ring (bicyclic) bond motifs is 1. The van der Waals surface area contributed by atoms with Crippen molar-refractivity contribution in [3.63, 3.8) is 0 Å². The van der Waals surface area contributed by atoms with Gasteiger partial charge in [-0.05, 0) is 13.8 Å². The number of carbonyl (C=O) groups excluding carboxylic acids is 1. The van der Waals surface area contributed by atoms with Gasteiger partial charge in [0.2, 0.25) is 11.8 Å². The maximum atomic E-state index is 13.0. The fraction of sp³-hybridized carbons (Fsp3) is 0.556. The van der Waals surface area contributed by atoms with Gasteiger partial charge < -0.3 is 19.3 Å². The molecule has 27 heavy (non-hydrogen) atoms. The Labute approximate surface area is 157 Å². The van der Waals surface area contributed by atoms with Crippen molar-refractivity contribution in [2.24, 2.45) is 0 Å². The molecular formula is C18H24N6O3. The number of aromatic amines is 1. The van der Waals surface area contributed by atoms with Crippen LogP contribution in [-0.4, -0.2) is 70.4 Å². The molecule has 4 rings (SSSR count). The maximum absolute atomic E-state index is 13.0. The molecule has 4 heterocycles. The van der Waals surface area contributed by atoms with Gasteiger partial charge >= 0.3 is 0 Å². The molecule has 0 radical (unpaired) electrons. The first kappa shape index (κ1) is 17.7. The Kier molecular flexibility index (Phi) is 4.69. The monoisotopic (exact) mass is 372 g/mol. The highest BCUT2D eigenvalue weighted by molar-refractivity contribution is 5.94. The highest BCUT2D eigenvalue weighted by Gasteiger charge is 2.32. The van der Waals surface area contributed by atoms with Crippen molar-refractivity contribution < 1.29 is 14.3 Å². The lowest BCUT2D eigenvalue weighted by Gasteiger charge is -2.34. The number of methoxy groups -OCH3 is 1. The Morgan fingerprint density at radius 3 is 2.81 bits per heavy atom. The molecule has 9 heteroatoms. The SMILES string of the molecule is COc1ccnc(N2CCN(C(=O)c3n[nH]c4c3C[C@H](C)O[C@@H]4C)CC2)n1. The van der Waals surface area contributed by atoms with Crippen LogP contribution in [0.3, 0.4) is 0 Å². The minimum absolute atomic E-state index is 0.0278. The molecule has 144 valence electrons. The first-order valence-electron chi connectivity index (χ1n) is 9.20. The van der Waals surface area contributed by atoms with Crippen LogP contribution in [-0.2, 0) is 11.2 Å². The summed E-state index contributed by atoms with van der Waals surface area (Å²) in [5.41, 5.74) is 2.43. The Balaban J connectivity index is 1.45. The van der Waals surface area contributed by atoms with E-state index in [4.69, 9.17) is 9.47 Å². The van der Waals surface area contributed by atoms with Gasteiger partial charge in [0.1, 0.15) is 0 Å². The molecule has 2 aliphatic rings. The molecule has 0 unspecified atom stereocenters. The summed E-state index contributed by atoms with van der Waals surface area (Å²) in [6.07, 6.45) is 2.40. The molecule has 2 atom stereocenters. The van der Waals surface area contributed by atoms with E-state index in [1.54, 1.807) is 19.4 Å². The molecule has 2 aromatic rings. The number of hydrogen-bond acceptors (Lipinski definition) is 7. The number of aromatic nitrogens is 4. The van der Waals surface area contributed by atoms with Crippen LogP contribution in [0, 0.1) is 0 Å². The summed E-state index contributed by atoms with van der Waals surface area (Å²) in [5.74, 6) is 1.13. The Morgan fingerprint density at radius 1 is 1.30 bits per heavy atom. The van der Waals surface area contributed by atoms with Crippen molar-refractivity contribution >= 4 is 11.9 Å². The lowest BCUT2D eigenvalue weighted by atomic mass is 9.99. The van der Waals surface area contributed by atoms with Crippen molar-refractivity contribution in [1.29, 1.82) is 0 Å². The van der Waals surface area contributed by atoms with Crippen LogP contribution < -0.4 is 9.64 Å². The van der Waals surface area contributed by atoms with E-state index in [1.807, 2.05) is 18.7 Å². The van der Waals surface area contributed by atoms with Crippen LogP contribution in [0.5, 0.6) is 5.88 Å². The zero-order valence-corrected chi connectivity index (χ0v) is 15.8.